The maximum absolute atomic E-state index is 11.2. The number of rotatable bonds is 3. The molecule has 2 saturated heterocycles. The Morgan fingerprint density at radius 3 is 2.90 bits per heavy atom. The third kappa shape index (κ3) is 2.42. The average molecular weight is 290 g/mol. The van der Waals surface area contributed by atoms with Crippen molar-refractivity contribution in [1.82, 2.24) is 15.2 Å². The third-order valence-corrected chi connectivity index (χ3v) is 5.17. The van der Waals surface area contributed by atoms with E-state index < -0.39 is 0 Å². The standard InChI is InChI=1S/C15H22N4O2/c1-9-4-17-14(10(2)15(9)19(20)21)8-18-7-12-5-16-6-13(12)11(18)3/h4,11-13,16H,5-8H2,1-3H3. The van der Waals surface area contributed by atoms with Gasteiger partial charge in [-0.3, -0.25) is 20.0 Å². The normalized spacial score (nSPS) is 28.8. The Labute approximate surface area is 124 Å². The van der Waals surface area contributed by atoms with Gasteiger partial charge in [0.15, 0.2) is 0 Å². The monoisotopic (exact) mass is 290 g/mol. The Hall–Kier alpha value is -1.53. The zero-order valence-electron chi connectivity index (χ0n) is 12.8. The highest BCUT2D eigenvalue weighted by Crippen LogP contribution is 2.34. The fourth-order valence-corrected chi connectivity index (χ4v) is 3.86. The molecule has 0 aliphatic carbocycles. The van der Waals surface area contributed by atoms with Crippen LogP contribution in [0.2, 0.25) is 0 Å². The van der Waals surface area contributed by atoms with E-state index in [0.717, 1.165) is 25.3 Å². The van der Waals surface area contributed by atoms with Crippen LogP contribution in [0.25, 0.3) is 0 Å². The number of nitrogens with zero attached hydrogens (tertiary/aromatic N) is 3. The van der Waals surface area contributed by atoms with Crippen molar-refractivity contribution in [2.45, 2.75) is 33.4 Å². The fraction of sp³-hybridized carbons (Fsp3) is 0.667. The van der Waals surface area contributed by atoms with Gasteiger partial charge in [0, 0.05) is 36.5 Å². The first-order valence-corrected chi connectivity index (χ1v) is 7.53. The lowest BCUT2D eigenvalue weighted by atomic mass is 9.95. The molecule has 2 aliphatic rings. The van der Waals surface area contributed by atoms with Crippen molar-refractivity contribution >= 4 is 5.69 Å². The number of hydrogen-bond acceptors (Lipinski definition) is 5. The summed E-state index contributed by atoms with van der Waals surface area (Å²) in [5, 5.41) is 14.7. The SMILES string of the molecule is Cc1cnc(CN2CC3CNCC3C2C)c(C)c1[N+](=O)[O-]. The van der Waals surface area contributed by atoms with E-state index in [-0.39, 0.29) is 10.6 Å². The molecule has 3 unspecified atom stereocenters. The molecular formula is C15H22N4O2. The van der Waals surface area contributed by atoms with Crippen molar-refractivity contribution in [3.05, 3.63) is 33.1 Å². The molecule has 0 bridgehead atoms. The van der Waals surface area contributed by atoms with Crippen LogP contribution in [0.4, 0.5) is 5.69 Å². The van der Waals surface area contributed by atoms with E-state index in [0.29, 0.717) is 35.5 Å². The minimum Gasteiger partial charge on any atom is -0.316 e. The van der Waals surface area contributed by atoms with Gasteiger partial charge in [-0.2, -0.15) is 0 Å². The van der Waals surface area contributed by atoms with Gasteiger partial charge < -0.3 is 5.32 Å². The minimum absolute atomic E-state index is 0.216. The van der Waals surface area contributed by atoms with Gasteiger partial charge in [0.1, 0.15) is 0 Å². The summed E-state index contributed by atoms with van der Waals surface area (Å²) >= 11 is 0. The predicted molar refractivity (Wildman–Crippen MR) is 80.1 cm³/mol. The maximum Gasteiger partial charge on any atom is 0.278 e. The highest BCUT2D eigenvalue weighted by atomic mass is 16.6. The summed E-state index contributed by atoms with van der Waals surface area (Å²) < 4.78 is 0. The van der Waals surface area contributed by atoms with Crippen molar-refractivity contribution < 1.29 is 4.92 Å². The van der Waals surface area contributed by atoms with Crippen LogP contribution in [0.3, 0.4) is 0 Å². The molecule has 0 spiro atoms. The lowest BCUT2D eigenvalue weighted by Crippen LogP contribution is -2.33. The molecule has 0 saturated carbocycles. The van der Waals surface area contributed by atoms with Crippen LogP contribution >= 0.6 is 0 Å². The summed E-state index contributed by atoms with van der Waals surface area (Å²) in [5.41, 5.74) is 2.40. The number of pyridine rings is 1. The van der Waals surface area contributed by atoms with Crippen LogP contribution in [-0.4, -0.2) is 40.5 Å². The molecule has 3 atom stereocenters. The zero-order chi connectivity index (χ0) is 15.1. The van der Waals surface area contributed by atoms with Crippen LogP contribution < -0.4 is 5.32 Å². The summed E-state index contributed by atoms with van der Waals surface area (Å²) in [4.78, 5) is 17.8. The second kappa shape index (κ2) is 5.35. The fourth-order valence-electron chi connectivity index (χ4n) is 3.86. The van der Waals surface area contributed by atoms with Crippen molar-refractivity contribution in [2.24, 2.45) is 11.8 Å². The summed E-state index contributed by atoms with van der Waals surface area (Å²) in [6.07, 6.45) is 1.63. The Balaban J connectivity index is 1.83. The van der Waals surface area contributed by atoms with Crippen molar-refractivity contribution in [3.63, 3.8) is 0 Å². The lowest BCUT2D eigenvalue weighted by molar-refractivity contribution is -0.386. The van der Waals surface area contributed by atoms with E-state index in [9.17, 15) is 10.1 Å². The minimum atomic E-state index is -0.290. The molecule has 0 radical (unpaired) electrons. The van der Waals surface area contributed by atoms with E-state index in [1.165, 1.54) is 0 Å². The second-order valence-corrected chi connectivity index (χ2v) is 6.37. The van der Waals surface area contributed by atoms with E-state index in [2.05, 4.69) is 22.1 Å². The molecular weight excluding hydrogens is 268 g/mol. The number of aryl methyl sites for hydroxylation is 1. The number of likely N-dealkylation sites (tertiary alicyclic amines) is 1. The van der Waals surface area contributed by atoms with Crippen LogP contribution in [0.5, 0.6) is 0 Å². The summed E-state index contributed by atoms with van der Waals surface area (Å²) in [7, 11) is 0. The molecule has 6 nitrogen and oxygen atoms in total. The number of hydrogen-bond donors (Lipinski definition) is 1. The van der Waals surface area contributed by atoms with Gasteiger partial charge in [-0.25, -0.2) is 0 Å². The summed E-state index contributed by atoms with van der Waals surface area (Å²) in [6, 6.07) is 0.506. The van der Waals surface area contributed by atoms with Gasteiger partial charge >= 0.3 is 0 Å². The molecule has 6 heteroatoms. The Morgan fingerprint density at radius 1 is 1.48 bits per heavy atom. The first-order chi connectivity index (χ1) is 9.99. The molecule has 3 heterocycles. The molecule has 2 aliphatic heterocycles. The molecule has 0 amide bonds. The van der Waals surface area contributed by atoms with Crippen LogP contribution in [0, 0.1) is 35.8 Å². The largest absolute Gasteiger partial charge is 0.316 e. The van der Waals surface area contributed by atoms with Crippen LogP contribution in [0.1, 0.15) is 23.7 Å². The second-order valence-electron chi connectivity index (χ2n) is 6.37. The average Bonchev–Trinajstić information content (AvgIpc) is 2.97. The van der Waals surface area contributed by atoms with Gasteiger partial charge in [-0.1, -0.05) is 0 Å². The predicted octanol–water partition coefficient (Wildman–Crippen LogP) is 1.65. The van der Waals surface area contributed by atoms with E-state index in [1.54, 1.807) is 13.1 Å². The van der Waals surface area contributed by atoms with E-state index >= 15 is 0 Å². The summed E-state index contributed by atoms with van der Waals surface area (Å²) in [5.74, 6) is 1.41. The Bertz CT molecular complexity index is 575. The van der Waals surface area contributed by atoms with Crippen LogP contribution in [-0.2, 0) is 6.54 Å². The smallest absolute Gasteiger partial charge is 0.278 e. The molecule has 1 aromatic rings. The van der Waals surface area contributed by atoms with Crippen molar-refractivity contribution in [2.75, 3.05) is 19.6 Å². The summed E-state index contributed by atoms with van der Waals surface area (Å²) in [6.45, 7) is 9.76. The Kier molecular flexibility index (Phi) is 3.67. The molecule has 21 heavy (non-hydrogen) atoms. The highest BCUT2D eigenvalue weighted by Gasteiger charge is 2.41. The third-order valence-electron chi connectivity index (χ3n) is 5.17. The van der Waals surface area contributed by atoms with Crippen molar-refractivity contribution in [1.29, 1.82) is 0 Å². The first-order valence-electron chi connectivity index (χ1n) is 7.53. The van der Waals surface area contributed by atoms with Crippen molar-refractivity contribution in [3.8, 4) is 0 Å². The van der Waals surface area contributed by atoms with Gasteiger partial charge in [-0.15, -0.1) is 0 Å². The highest BCUT2D eigenvalue weighted by molar-refractivity contribution is 5.47. The van der Waals surface area contributed by atoms with E-state index in [1.807, 2.05) is 6.92 Å². The number of nitrogens with one attached hydrogen (secondary N) is 1. The lowest BCUT2D eigenvalue weighted by Gasteiger charge is -2.24. The molecule has 1 N–H and O–H groups in total. The number of aromatic nitrogens is 1. The van der Waals surface area contributed by atoms with Gasteiger partial charge in [0.2, 0.25) is 0 Å². The van der Waals surface area contributed by atoms with Gasteiger partial charge in [0.25, 0.3) is 5.69 Å². The van der Waals surface area contributed by atoms with E-state index in [4.69, 9.17) is 0 Å². The first kappa shape index (κ1) is 14.4. The molecule has 114 valence electrons. The van der Waals surface area contributed by atoms with Gasteiger partial charge in [-0.05, 0) is 45.7 Å². The van der Waals surface area contributed by atoms with Crippen LogP contribution in [0.15, 0.2) is 6.20 Å². The number of nitro groups is 1. The molecule has 0 aromatic carbocycles. The topological polar surface area (TPSA) is 71.3 Å². The quantitative estimate of drug-likeness (QED) is 0.677. The number of fused-ring (bicyclic) bond motifs is 1. The molecule has 3 rings (SSSR count). The van der Waals surface area contributed by atoms with Gasteiger partial charge in [0.05, 0.1) is 10.6 Å². The molecule has 1 aromatic heterocycles. The zero-order valence-corrected chi connectivity index (χ0v) is 12.8. The molecule has 2 fully saturated rings. The maximum atomic E-state index is 11.2. The Morgan fingerprint density at radius 2 is 2.24 bits per heavy atom.